The molecule has 0 N–H and O–H groups in total. The highest BCUT2D eigenvalue weighted by Crippen LogP contribution is 2.31. The van der Waals surface area contributed by atoms with Gasteiger partial charge in [-0.2, -0.15) is 0 Å². The smallest absolute Gasteiger partial charge is 0.259 e. The molecule has 23 heavy (non-hydrogen) atoms. The van der Waals surface area contributed by atoms with Gasteiger partial charge < -0.3 is 18.9 Å². The molecule has 0 atom stereocenters. The molecule has 0 aliphatic heterocycles. The lowest BCUT2D eigenvalue weighted by atomic mass is 10.2. The first-order chi connectivity index (χ1) is 11.2. The number of aromatic nitrogens is 1. The molecule has 0 radical (unpaired) electrons. The van der Waals surface area contributed by atoms with Gasteiger partial charge in [-0.25, -0.2) is 9.37 Å². The first-order valence-electron chi connectivity index (χ1n) is 6.83. The van der Waals surface area contributed by atoms with Crippen molar-refractivity contribution in [3.63, 3.8) is 0 Å². The van der Waals surface area contributed by atoms with Gasteiger partial charge in [0, 0.05) is 37.1 Å². The number of ether oxygens (including phenoxy) is 4. The van der Waals surface area contributed by atoms with Crippen molar-refractivity contribution in [2.24, 2.45) is 0 Å². The third kappa shape index (κ3) is 5.70. The monoisotopic (exact) mass is 339 g/mol. The Morgan fingerprint density at radius 3 is 2.61 bits per heavy atom. The van der Waals surface area contributed by atoms with Gasteiger partial charge in [0.2, 0.25) is 0 Å². The lowest BCUT2D eigenvalue weighted by molar-refractivity contribution is 0.0293. The average Bonchev–Trinajstić information content (AvgIpc) is 2.57. The molecule has 7 heteroatoms. The normalized spacial score (nSPS) is 10.6. The van der Waals surface area contributed by atoms with E-state index in [4.69, 9.17) is 18.9 Å². The molecular formula is C16H18FNO4S. The van der Waals surface area contributed by atoms with Crippen LogP contribution in [0.5, 0.6) is 11.6 Å². The van der Waals surface area contributed by atoms with Gasteiger partial charge in [0.05, 0.1) is 0 Å². The summed E-state index contributed by atoms with van der Waals surface area (Å²) < 4.78 is 33.7. The number of hydrogen-bond donors (Lipinski definition) is 0. The van der Waals surface area contributed by atoms with Crippen LogP contribution in [0.25, 0.3) is 0 Å². The Bertz CT molecular complexity index is 627. The van der Waals surface area contributed by atoms with Crippen LogP contribution >= 0.6 is 11.8 Å². The number of benzene rings is 1. The van der Waals surface area contributed by atoms with Gasteiger partial charge in [-0.15, -0.1) is 11.8 Å². The SMILES string of the molecule is COCOc1cc(SCc2cccc(F)c2)cnc1OCOC. The van der Waals surface area contributed by atoms with Crippen LogP contribution in [0.3, 0.4) is 0 Å². The average molecular weight is 339 g/mol. The van der Waals surface area contributed by atoms with E-state index >= 15 is 0 Å². The predicted octanol–water partition coefficient (Wildman–Crippen LogP) is 3.48. The van der Waals surface area contributed by atoms with E-state index in [0.717, 1.165) is 10.5 Å². The minimum atomic E-state index is -0.242. The second kappa shape index (κ2) is 9.34. The summed E-state index contributed by atoms with van der Waals surface area (Å²) in [5.41, 5.74) is 0.897. The highest BCUT2D eigenvalue weighted by molar-refractivity contribution is 7.98. The Morgan fingerprint density at radius 2 is 1.87 bits per heavy atom. The van der Waals surface area contributed by atoms with Crippen molar-refractivity contribution in [3.8, 4) is 11.6 Å². The molecular weight excluding hydrogens is 321 g/mol. The fourth-order valence-corrected chi connectivity index (χ4v) is 2.57. The molecule has 2 rings (SSSR count). The van der Waals surface area contributed by atoms with E-state index in [9.17, 15) is 4.39 Å². The van der Waals surface area contributed by atoms with E-state index in [0.29, 0.717) is 17.4 Å². The topological polar surface area (TPSA) is 49.8 Å². The largest absolute Gasteiger partial charge is 0.462 e. The number of halogens is 1. The lowest BCUT2D eigenvalue weighted by Crippen LogP contribution is -2.05. The van der Waals surface area contributed by atoms with Gasteiger partial charge in [-0.05, 0) is 17.7 Å². The second-order valence-corrected chi connectivity index (χ2v) is 5.54. The van der Waals surface area contributed by atoms with Gasteiger partial charge in [0.15, 0.2) is 19.3 Å². The quantitative estimate of drug-likeness (QED) is 0.515. The molecule has 0 fully saturated rings. The minimum Gasteiger partial charge on any atom is -0.462 e. The number of hydrogen-bond acceptors (Lipinski definition) is 6. The lowest BCUT2D eigenvalue weighted by Gasteiger charge is -2.12. The van der Waals surface area contributed by atoms with Crippen LogP contribution in [0.4, 0.5) is 4.39 Å². The molecule has 0 aliphatic carbocycles. The van der Waals surface area contributed by atoms with Crippen LogP contribution in [0.15, 0.2) is 41.4 Å². The highest BCUT2D eigenvalue weighted by Gasteiger charge is 2.09. The van der Waals surface area contributed by atoms with E-state index < -0.39 is 0 Å². The maximum Gasteiger partial charge on any atom is 0.259 e. The van der Waals surface area contributed by atoms with Gasteiger partial charge in [0.1, 0.15) is 5.82 Å². The molecule has 0 unspecified atom stereocenters. The fraction of sp³-hybridized carbons (Fsp3) is 0.312. The Kier molecular flexibility index (Phi) is 7.12. The predicted molar refractivity (Wildman–Crippen MR) is 85.2 cm³/mol. The van der Waals surface area contributed by atoms with Crippen LogP contribution in [0, 0.1) is 5.82 Å². The van der Waals surface area contributed by atoms with E-state index in [1.165, 1.54) is 38.1 Å². The summed E-state index contributed by atoms with van der Waals surface area (Å²) in [5.74, 6) is 1.18. The summed E-state index contributed by atoms with van der Waals surface area (Å²) in [4.78, 5) is 5.10. The van der Waals surface area contributed by atoms with Crippen LogP contribution in [0.1, 0.15) is 5.56 Å². The van der Waals surface area contributed by atoms with Crippen LogP contribution < -0.4 is 9.47 Å². The van der Waals surface area contributed by atoms with E-state index in [1.807, 2.05) is 6.07 Å². The maximum atomic E-state index is 13.2. The first kappa shape index (κ1) is 17.5. The van der Waals surface area contributed by atoms with Gasteiger partial charge in [0.25, 0.3) is 5.88 Å². The minimum absolute atomic E-state index is 0.0755. The summed E-state index contributed by atoms with van der Waals surface area (Å²) in [6.07, 6.45) is 1.68. The molecule has 1 heterocycles. The zero-order valence-electron chi connectivity index (χ0n) is 13.0. The van der Waals surface area contributed by atoms with Crippen molar-refractivity contribution in [3.05, 3.63) is 47.9 Å². The van der Waals surface area contributed by atoms with Crippen molar-refractivity contribution in [2.75, 3.05) is 27.8 Å². The molecule has 2 aromatic rings. The van der Waals surface area contributed by atoms with Crippen LogP contribution in [-0.2, 0) is 15.2 Å². The number of pyridine rings is 1. The van der Waals surface area contributed by atoms with Crippen molar-refractivity contribution >= 4 is 11.8 Å². The summed E-state index contributed by atoms with van der Waals surface area (Å²) in [5, 5.41) is 0. The molecule has 0 saturated carbocycles. The van der Waals surface area contributed by atoms with Crippen molar-refractivity contribution in [2.45, 2.75) is 10.6 Å². The van der Waals surface area contributed by atoms with Crippen LogP contribution in [0.2, 0.25) is 0 Å². The number of nitrogens with zero attached hydrogens (tertiary/aromatic N) is 1. The summed E-state index contributed by atoms with van der Waals surface area (Å²) in [6.45, 7) is 0.162. The third-order valence-electron chi connectivity index (χ3n) is 2.73. The zero-order chi connectivity index (χ0) is 16.5. The molecule has 1 aromatic carbocycles. The molecule has 5 nitrogen and oxygen atoms in total. The summed E-state index contributed by atoms with van der Waals surface area (Å²) in [7, 11) is 3.06. The van der Waals surface area contributed by atoms with Crippen molar-refractivity contribution < 1.29 is 23.3 Å². The number of rotatable bonds is 9. The summed E-state index contributed by atoms with van der Waals surface area (Å²) in [6, 6.07) is 8.31. The van der Waals surface area contributed by atoms with E-state index in [2.05, 4.69) is 4.98 Å². The highest BCUT2D eigenvalue weighted by atomic mass is 32.2. The Morgan fingerprint density at radius 1 is 1.09 bits per heavy atom. The zero-order valence-corrected chi connectivity index (χ0v) is 13.8. The molecule has 0 spiro atoms. The van der Waals surface area contributed by atoms with Crippen molar-refractivity contribution in [1.82, 2.24) is 4.98 Å². The van der Waals surface area contributed by atoms with E-state index in [1.54, 1.807) is 18.3 Å². The first-order valence-corrected chi connectivity index (χ1v) is 7.82. The Balaban J connectivity index is 2.06. The van der Waals surface area contributed by atoms with Crippen LogP contribution in [-0.4, -0.2) is 32.8 Å². The maximum absolute atomic E-state index is 13.2. The Labute approximate surface area is 138 Å². The molecule has 0 aliphatic rings. The Hall–Kier alpha value is -1.83. The molecule has 0 amide bonds. The molecule has 124 valence electrons. The number of thioether (sulfide) groups is 1. The van der Waals surface area contributed by atoms with Gasteiger partial charge in [-0.1, -0.05) is 12.1 Å². The van der Waals surface area contributed by atoms with E-state index in [-0.39, 0.29) is 19.4 Å². The summed E-state index contributed by atoms with van der Waals surface area (Å²) >= 11 is 1.53. The van der Waals surface area contributed by atoms with Gasteiger partial charge >= 0.3 is 0 Å². The molecule has 0 bridgehead atoms. The number of methoxy groups -OCH3 is 2. The molecule has 0 saturated heterocycles. The third-order valence-corrected chi connectivity index (χ3v) is 3.77. The van der Waals surface area contributed by atoms with Gasteiger partial charge in [-0.3, -0.25) is 0 Å². The second-order valence-electron chi connectivity index (χ2n) is 4.49. The fourth-order valence-electron chi connectivity index (χ4n) is 1.74. The standard InChI is InChI=1S/C16H18FNO4S/c1-19-10-21-15-7-14(8-18-16(15)22-11-20-2)23-9-12-4-3-5-13(17)6-12/h3-8H,9-11H2,1-2H3. The van der Waals surface area contributed by atoms with Crippen molar-refractivity contribution in [1.29, 1.82) is 0 Å². The molecule has 1 aromatic heterocycles.